The van der Waals surface area contributed by atoms with Crippen LogP contribution >= 0.6 is 0 Å². The average Bonchev–Trinajstić information content (AvgIpc) is 2.82. The van der Waals surface area contributed by atoms with Gasteiger partial charge >= 0.3 is 6.09 Å². The number of amides is 3. The summed E-state index contributed by atoms with van der Waals surface area (Å²) in [5, 5.41) is 15.4. The first-order valence-corrected chi connectivity index (χ1v) is 13.3. The fraction of sp³-hybridized carbons (Fsp3) is 0.500. The highest BCUT2D eigenvalue weighted by Crippen LogP contribution is 2.26. The minimum atomic E-state index is -1.01. The maximum atomic E-state index is 14.2. The van der Waals surface area contributed by atoms with Gasteiger partial charge in [-0.2, -0.15) is 0 Å². The molecule has 3 amide bonds. The number of aryl methyl sites for hydroxylation is 1. The summed E-state index contributed by atoms with van der Waals surface area (Å²) in [5.41, 5.74) is 1.71. The molecule has 2 atom stereocenters. The van der Waals surface area contributed by atoms with Crippen molar-refractivity contribution in [3.8, 4) is 5.75 Å². The minimum absolute atomic E-state index is 0.101. The van der Waals surface area contributed by atoms with Crippen molar-refractivity contribution in [3.05, 3.63) is 65.2 Å². The van der Waals surface area contributed by atoms with E-state index >= 15 is 0 Å². The highest BCUT2D eigenvalue weighted by Gasteiger charge is 2.37. The van der Waals surface area contributed by atoms with Gasteiger partial charge < -0.3 is 25.4 Å². The van der Waals surface area contributed by atoms with Crippen molar-refractivity contribution >= 4 is 17.9 Å². The van der Waals surface area contributed by atoms with Crippen LogP contribution < -0.4 is 10.6 Å². The number of carbonyl (C=O) groups excluding carboxylic acids is 3. The Morgan fingerprint density at radius 1 is 1.00 bits per heavy atom. The molecule has 8 heteroatoms. The van der Waals surface area contributed by atoms with Crippen molar-refractivity contribution in [2.24, 2.45) is 0 Å². The fourth-order valence-electron chi connectivity index (χ4n) is 4.05. The summed E-state index contributed by atoms with van der Waals surface area (Å²) in [7, 11) is 0. The predicted octanol–water partition coefficient (Wildman–Crippen LogP) is 5.03. The van der Waals surface area contributed by atoms with E-state index < -0.39 is 29.7 Å². The number of phenols is 1. The number of alkyl carbamates (subject to hydrolysis) is 1. The Labute approximate surface area is 226 Å². The lowest BCUT2D eigenvalue weighted by Crippen LogP contribution is -2.55. The van der Waals surface area contributed by atoms with Crippen LogP contribution in [0.5, 0.6) is 5.75 Å². The van der Waals surface area contributed by atoms with Gasteiger partial charge in [-0.1, -0.05) is 55.3 Å². The van der Waals surface area contributed by atoms with E-state index in [1.54, 1.807) is 32.9 Å². The minimum Gasteiger partial charge on any atom is -0.508 e. The summed E-state index contributed by atoms with van der Waals surface area (Å²) < 4.78 is 5.45. The number of rotatable bonds is 11. The molecule has 0 aliphatic carbocycles. The van der Waals surface area contributed by atoms with Crippen LogP contribution in [0.1, 0.15) is 77.1 Å². The van der Waals surface area contributed by atoms with Crippen molar-refractivity contribution in [2.75, 3.05) is 6.54 Å². The number of nitrogens with one attached hydrogen (secondary N) is 2. The topological polar surface area (TPSA) is 108 Å². The maximum Gasteiger partial charge on any atom is 0.408 e. The van der Waals surface area contributed by atoms with Crippen molar-refractivity contribution in [2.45, 2.75) is 91.5 Å². The standard InChI is InChI=1S/C30H43N3O5/c1-8-9-18-31-27(35)26(23-14-10-21(4)11-15-23)33(20(2)3)28(36)25(32-29(37)38-30(5,6)7)19-22-12-16-24(34)17-13-22/h10-17,20,25-26,34H,8-9,18-19H2,1-7H3,(H,31,35)(H,32,37). The van der Waals surface area contributed by atoms with E-state index in [9.17, 15) is 19.5 Å². The normalized spacial score (nSPS) is 12.9. The predicted molar refractivity (Wildman–Crippen MR) is 149 cm³/mol. The third-order valence-corrected chi connectivity index (χ3v) is 5.93. The second-order valence-corrected chi connectivity index (χ2v) is 10.9. The highest BCUT2D eigenvalue weighted by molar-refractivity contribution is 5.92. The molecule has 0 saturated carbocycles. The molecule has 0 aromatic heterocycles. The summed E-state index contributed by atoms with van der Waals surface area (Å²) in [5.74, 6) is -0.580. The molecule has 0 fully saturated rings. The van der Waals surface area contributed by atoms with E-state index in [0.29, 0.717) is 12.1 Å². The van der Waals surface area contributed by atoms with Gasteiger partial charge in [-0.05, 0) is 71.2 Å². The zero-order chi connectivity index (χ0) is 28.5. The Morgan fingerprint density at radius 3 is 2.13 bits per heavy atom. The molecule has 0 saturated heterocycles. The quantitative estimate of drug-likeness (QED) is 0.357. The Hall–Kier alpha value is -3.55. The van der Waals surface area contributed by atoms with Gasteiger partial charge in [-0.25, -0.2) is 4.79 Å². The number of phenolic OH excluding ortho intramolecular Hbond substituents is 1. The van der Waals surface area contributed by atoms with Gasteiger partial charge in [-0.3, -0.25) is 9.59 Å². The SMILES string of the molecule is CCCCNC(=O)C(c1ccc(C)cc1)N(C(=O)C(Cc1ccc(O)cc1)NC(=O)OC(C)(C)C)C(C)C. The molecule has 38 heavy (non-hydrogen) atoms. The lowest BCUT2D eigenvalue weighted by Gasteiger charge is -2.37. The second kappa shape index (κ2) is 13.8. The molecule has 0 aliphatic rings. The van der Waals surface area contributed by atoms with Crippen LogP contribution in [0.4, 0.5) is 4.79 Å². The van der Waals surface area contributed by atoms with Gasteiger partial charge in [0.2, 0.25) is 11.8 Å². The van der Waals surface area contributed by atoms with Crippen molar-refractivity contribution in [3.63, 3.8) is 0 Å². The van der Waals surface area contributed by atoms with Crippen LogP contribution in [-0.4, -0.2) is 52.1 Å². The van der Waals surface area contributed by atoms with Crippen LogP contribution in [-0.2, 0) is 20.7 Å². The average molecular weight is 526 g/mol. The number of carbonyl (C=O) groups is 3. The van der Waals surface area contributed by atoms with E-state index in [4.69, 9.17) is 4.74 Å². The second-order valence-electron chi connectivity index (χ2n) is 10.9. The van der Waals surface area contributed by atoms with Gasteiger partial charge in [0.25, 0.3) is 0 Å². The van der Waals surface area contributed by atoms with Gasteiger partial charge in [0, 0.05) is 19.0 Å². The first-order chi connectivity index (χ1) is 17.8. The number of hydrogen-bond donors (Lipinski definition) is 3. The molecular formula is C30H43N3O5. The molecule has 2 aromatic rings. The van der Waals surface area contributed by atoms with Crippen LogP contribution in [0.15, 0.2) is 48.5 Å². The summed E-state index contributed by atoms with van der Waals surface area (Å²) >= 11 is 0. The van der Waals surface area contributed by atoms with E-state index in [1.165, 1.54) is 17.0 Å². The molecule has 0 spiro atoms. The van der Waals surface area contributed by atoms with Crippen molar-refractivity contribution in [1.29, 1.82) is 0 Å². The number of nitrogens with zero attached hydrogens (tertiary/aromatic N) is 1. The monoisotopic (exact) mass is 525 g/mol. The summed E-state index contributed by atoms with van der Waals surface area (Å²) in [6, 6.07) is 11.7. The van der Waals surface area contributed by atoms with Gasteiger partial charge in [0.05, 0.1) is 0 Å². The smallest absolute Gasteiger partial charge is 0.408 e. The first-order valence-electron chi connectivity index (χ1n) is 13.3. The molecule has 8 nitrogen and oxygen atoms in total. The zero-order valence-electron chi connectivity index (χ0n) is 23.7. The van der Waals surface area contributed by atoms with E-state index in [2.05, 4.69) is 10.6 Å². The fourth-order valence-corrected chi connectivity index (χ4v) is 4.05. The molecule has 3 N–H and O–H groups in total. The molecule has 2 unspecified atom stereocenters. The van der Waals surface area contributed by atoms with Crippen molar-refractivity contribution in [1.82, 2.24) is 15.5 Å². The third-order valence-electron chi connectivity index (χ3n) is 5.93. The number of aromatic hydroxyl groups is 1. The van der Waals surface area contributed by atoms with Crippen LogP contribution in [0.25, 0.3) is 0 Å². The maximum absolute atomic E-state index is 14.2. The summed E-state index contributed by atoms with van der Waals surface area (Å²) in [4.78, 5) is 42.0. The lowest BCUT2D eigenvalue weighted by molar-refractivity contribution is -0.144. The third kappa shape index (κ3) is 9.39. The molecule has 0 heterocycles. The Balaban J connectivity index is 2.50. The molecule has 0 radical (unpaired) electrons. The van der Waals surface area contributed by atoms with Crippen LogP contribution in [0.2, 0.25) is 0 Å². The van der Waals surface area contributed by atoms with E-state index in [-0.39, 0.29) is 24.1 Å². The molecular weight excluding hydrogens is 482 g/mol. The van der Waals surface area contributed by atoms with Gasteiger partial charge in [0.15, 0.2) is 0 Å². The Kier molecular flexibility index (Phi) is 11.2. The number of unbranched alkanes of at least 4 members (excludes halogenated alkanes) is 1. The van der Waals surface area contributed by atoms with Crippen LogP contribution in [0, 0.1) is 6.92 Å². The van der Waals surface area contributed by atoms with E-state index in [1.807, 2.05) is 52.0 Å². The molecule has 0 bridgehead atoms. The first kappa shape index (κ1) is 30.7. The molecule has 0 aliphatic heterocycles. The van der Waals surface area contributed by atoms with Gasteiger partial charge in [-0.15, -0.1) is 0 Å². The number of hydrogen-bond acceptors (Lipinski definition) is 5. The highest BCUT2D eigenvalue weighted by atomic mass is 16.6. The van der Waals surface area contributed by atoms with Crippen molar-refractivity contribution < 1.29 is 24.2 Å². The largest absolute Gasteiger partial charge is 0.508 e. The molecule has 208 valence electrons. The zero-order valence-corrected chi connectivity index (χ0v) is 23.7. The number of ether oxygens (including phenoxy) is 1. The molecule has 2 aromatic carbocycles. The van der Waals surface area contributed by atoms with E-state index in [0.717, 1.165) is 24.0 Å². The Bertz CT molecular complexity index is 1060. The van der Waals surface area contributed by atoms with Gasteiger partial charge in [0.1, 0.15) is 23.4 Å². The lowest BCUT2D eigenvalue weighted by atomic mass is 9.98. The number of benzene rings is 2. The summed E-state index contributed by atoms with van der Waals surface area (Å²) in [6.45, 7) is 13.5. The summed E-state index contributed by atoms with van der Waals surface area (Å²) in [6.07, 6.45) is 1.18. The Morgan fingerprint density at radius 2 is 1.61 bits per heavy atom. The molecule has 2 rings (SSSR count). The van der Waals surface area contributed by atoms with Crippen LogP contribution in [0.3, 0.4) is 0 Å².